The Hall–Kier alpha value is -3.14. The summed E-state index contributed by atoms with van der Waals surface area (Å²) in [6, 6.07) is 15.7. The van der Waals surface area contributed by atoms with Crippen LogP contribution in [0, 0.1) is 10.1 Å². The average molecular weight is 429 g/mol. The number of rotatable bonds is 4. The molecule has 1 aromatic heterocycles. The number of aromatic nitrogens is 1. The number of benzene rings is 2. The lowest BCUT2D eigenvalue weighted by Crippen LogP contribution is -2.27. The molecule has 3 rings (SSSR count). The highest BCUT2D eigenvalue weighted by molar-refractivity contribution is 6.50. The molecule has 11 heteroatoms. The first-order valence-electron chi connectivity index (χ1n) is 8.09. The fraction of sp³-hybridized carbons (Fsp3) is 0.0556. The van der Waals surface area contributed by atoms with Crippen molar-refractivity contribution in [2.24, 2.45) is 7.05 Å². The Balaban J connectivity index is 0.000000537. The van der Waals surface area contributed by atoms with Crippen molar-refractivity contribution in [3.63, 3.8) is 0 Å². The van der Waals surface area contributed by atoms with Gasteiger partial charge in [0.1, 0.15) is 0 Å². The van der Waals surface area contributed by atoms with Crippen LogP contribution in [-0.4, -0.2) is 12.2 Å². The van der Waals surface area contributed by atoms with Gasteiger partial charge in [0.05, 0.1) is 11.0 Å². The highest BCUT2D eigenvalue weighted by atomic mass is 35.5. The first-order chi connectivity index (χ1) is 13.5. The van der Waals surface area contributed by atoms with E-state index in [1.54, 1.807) is 23.9 Å². The maximum Gasteiger partial charge on any atom is 0.673 e. The monoisotopic (exact) mass is 428 g/mol. The summed E-state index contributed by atoms with van der Waals surface area (Å²) in [7, 11) is -4.20. The predicted molar refractivity (Wildman–Crippen MR) is 103 cm³/mol. The van der Waals surface area contributed by atoms with Crippen LogP contribution in [0.5, 0.6) is 0 Å². The van der Waals surface area contributed by atoms with E-state index in [9.17, 15) is 27.4 Å². The van der Waals surface area contributed by atoms with Gasteiger partial charge in [0.15, 0.2) is 7.05 Å². The van der Waals surface area contributed by atoms with Gasteiger partial charge in [-0.15, -0.1) is 0 Å². The van der Waals surface area contributed by atoms with Crippen molar-refractivity contribution < 1.29 is 31.4 Å². The van der Waals surface area contributed by atoms with E-state index >= 15 is 0 Å². The Morgan fingerprint density at radius 1 is 1.03 bits per heavy atom. The Morgan fingerprint density at radius 2 is 1.59 bits per heavy atom. The SMILES string of the molecule is C[n+]1oc(-c2ccc([N+](=O)[O-])cc2)cc1/C=C/c1ccc(Cl)cc1.F[B-](F)(F)F. The molecule has 0 saturated heterocycles. The minimum Gasteiger partial charge on any atom is -0.418 e. The third-order valence-corrected chi connectivity index (χ3v) is 3.81. The Bertz CT molecular complexity index is 997. The molecule has 29 heavy (non-hydrogen) atoms. The Labute approximate surface area is 168 Å². The first-order valence-corrected chi connectivity index (χ1v) is 8.47. The number of nitro groups is 1. The molecule has 0 atom stereocenters. The third kappa shape index (κ3) is 7.42. The van der Waals surface area contributed by atoms with Gasteiger partial charge < -0.3 is 17.3 Å². The molecule has 5 nitrogen and oxygen atoms in total. The summed E-state index contributed by atoms with van der Waals surface area (Å²) >= 11 is 5.87. The smallest absolute Gasteiger partial charge is 0.418 e. The number of halogens is 5. The Kier molecular flexibility index (Phi) is 7.16. The average Bonchev–Trinajstić information content (AvgIpc) is 3.01. The lowest BCUT2D eigenvalue weighted by atomic mass is 10.1. The molecule has 0 N–H and O–H groups in total. The molecule has 0 fully saturated rings. The summed E-state index contributed by atoms with van der Waals surface area (Å²) < 4.78 is 46.3. The summed E-state index contributed by atoms with van der Waals surface area (Å²) in [6.45, 7) is 0. The standard InChI is InChI=1S/C18H14ClN2O3.BF4/c1-20-17(9-4-13-2-7-15(19)8-3-13)12-18(24-20)14-5-10-16(11-6-14)21(22)23;2-1(3,4)5/h2-12H,1H3;/q+1;-1/b9-4+;. The summed E-state index contributed by atoms with van der Waals surface area (Å²) in [5.74, 6) is 0.642. The van der Waals surface area contributed by atoms with E-state index in [2.05, 4.69) is 0 Å². The van der Waals surface area contributed by atoms with Gasteiger partial charge in [-0.05, 0) is 40.6 Å². The summed E-state index contributed by atoms with van der Waals surface area (Å²) in [5.41, 5.74) is 2.73. The van der Waals surface area contributed by atoms with Crippen LogP contribution in [0.15, 0.2) is 59.1 Å². The first kappa shape index (κ1) is 22.2. The molecular weight excluding hydrogens is 414 g/mol. The van der Waals surface area contributed by atoms with Crippen molar-refractivity contribution in [1.82, 2.24) is 0 Å². The van der Waals surface area contributed by atoms with E-state index in [0.29, 0.717) is 10.8 Å². The number of non-ortho nitro benzene ring substituents is 1. The van der Waals surface area contributed by atoms with Crippen LogP contribution in [-0.2, 0) is 7.05 Å². The molecule has 0 aliphatic carbocycles. The molecule has 0 bridgehead atoms. The molecule has 152 valence electrons. The zero-order valence-electron chi connectivity index (χ0n) is 14.9. The molecule has 0 saturated carbocycles. The zero-order chi connectivity index (χ0) is 21.6. The van der Waals surface area contributed by atoms with Crippen LogP contribution < -0.4 is 4.74 Å². The van der Waals surface area contributed by atoms with Crippen LogP contribution in [0.1, 0.15) is 11.3 Å². The largest absolute Gasteiger partial charge is 0.673 e. The zero-order valence-corrected chi connectivity index (χ0v) is 15.7. The highest BCUT2D eigenvalue weighted by Crippen LogP contribution is 2.23. The fourth-order valence-corrected chi connectivity index (χ4v) is 2.37. The molecular formula is C18H14BClF4N2O3. The number of nitro benzene ring substituents is 1. The second-order valence-electron chi connectivity index (χ2n) is 5.71. The van der Waals surface area contributed by atoms with Gasteiger partial charge in [0, 0.05) is 28.8 Å². The maximum absolute atomic E-state index is 10.7. The van der Waals surface area contributed by atoms with Gasteiger partial charge in [-0.1, -0.05) is 23.7 Å². The molecule has 3 aromatic rings. The number of nitrogens with zero attached hydrogens (tertiary/aromatic N) is 2. The van der Waals surface area contributed by atoms with E-state index in [1.807, 2.05) is 42.5 Å². The second-order valence-corrected chi connectivity index (χ2v) is 6.14. The molecule has 0 spiro atoms. The van der Waals surface area contributed by atoms with E-state index < -0.39 is 12.2 Å². The van der Waals surface area contributed by atoms with Crippen LogP contribution in [0.25, 0.3) is 23.5 Å². The molecule has 0 radical (unpaired) electrons. The molecule has 0 aliphatic heterocycles. The maximum atomic E-state index is 10.7. The third-order valence-electron chi connectivity index (χ3n) is 3.56. The van der Waals surface area contributed by atoms with Crippen LogP contribution in [0.2, 0.25) is 5.02 Å². The normalized spacial score (nSPS) is 11.2. The van der Waals surface area contributed by atoms with E-state index in [0.717, 1.165) is 16.8 Å². The Morgan fingerprint density at radius 3 is 2.10 bits per heavy atom. The van der Waals surface area contributed by atoms with Crippen molar-refractivity contribution in [1.29, 1.82) is 0 Å². The predicted octanol–water partition coefficient (Wildman–Crippen LogP) is 5.80. The molecule has 0 amide bonds. The number of aryl methyl sites for hydroxylation is 1. The van der Waals surface area contributed by atoms with Crippen LogP contribution in [0.3, 0.4) is 0 Å². The molecule has 1 heterocycles. The molecule has 2 aromatic carbocycles. The lowest BCUT2D eigenvalue weighted by Gasteiger charge is -1.94. The fourth-order valence-electron chi connectivity index (χ4n) is 2.24. The molecule has 0 unspecified atom stereocenters. The van der Waals surface area contributed by atoms with Gasteiger partial charge in [0.25, 0.3) is 11.4 Å². The summed E-state index contributed by atoms with van der Waals surface area (Å²) in [4.78, 5) is 10.3. The van der Waals surface area contributed by atoms with Crippen LogP contribution >= 0.6 is 11.6 Å². The van der Waals surface area contributed by atoms with Gasteiger partial charge in [-0.2, -0.15) is 0 Å². The van der Waals surface area contributed by atoms with Gasteiger partial charge in [0.2, 0.25) is 5.76 Å². The molecule has 0 aliphatic rings. The topological polar surface area (TPSA) is 60.2 Å². The van der Waals surface area contributed by atoms with Crippen molar-refractivity contribution in [3.05, 3.63) is 81.0 Å². The quantitative estimate of drug-likeness (QED) is 0.173. The minimum atomic E-state index is -6.00. The highest BCUT2D eigenvalue weighted by Gasteiger charge is 2.20. The minimum absolute atomic E-state index is 0.0533. The van der Waals surface area contributed by atoms with Crippen molar-refractivity contribution >= 4 is 36.7 Å². The van der Waals surface area contributed by atoms with Gasteiger partial charge in [-0.25, -0.2) is 4.52 Å². The van der Waals surface area contributed by atoms with E-state index in [-0.39, 0.29) is 5.69 Å². The van der Waals surface area contributed by atoms with Crippen molar-refractivity contribution in [3.8, 4) is 11.3 Å². The van der Waals surface area contributed by atoms with Gasteiger partial charge >= 0.3 is 7.25 Å². The van der Waals surface area contributed by atoms with Crippen LogP contribution in [0.4, 0.5) is 23.0 Å². The van der Waals surface area contributed by atoms with Crippen molar-refractivity contribution in [2.45, 2.75) is 0 Å². The van der Waals surface area contributed by atoms with Crippen molar-refractivity contribution in [2.75, 3.05) is 0 Å². The summed E-state index contributed by atoms with van der Waals surface area (Å²) in [6.07, 6.45) is 3.89. The second kappa shape index (κ2) is 9.38. The lowest BCUT2D eigenvalue weighted by molar-refractivity contribution is -0.844. The van der Waals surface area contributed by atoms with Gasteiger partial charge in [-0.3, -0.25) is 10.1 Å². The van der Waals surface area contributed by atoms with E-state index in [1.165, 1.54) is 12.1 Å². The number of hydrogen-bond donors (Lipinski definition) is 0. The number of hydrogen-bond acceptors (Lipinski definition) is 3. The van der Waals surface area contributed by atoms with E-state index in [4.69, 9.17) is 16.1 Å². The summed E-state index contributed by atoms with van der Waals surface area (Å²) in [5, 5.41) is 11.4.